The molecule has 3 aromatic rings. The van der Waals surface area contributed by atoms with E-state index in [0.29, 0.717) is 38.2 Å². The van der Waals surface area contributed by atoms with Crippen LogP contribution in [0.2, 0.25) is 10.0 Å². The summed E-state index contributed by atoms with van der Waals surface area (Å²) in [7, 11) is 1.37. The molecule has 0 fully saturated rings. The molecular formula is C24H24Cl2N4O3S. The van der Waals surface area contributed by atoms with Crippen molar-refractivity contribution in [2.24, 2.45) is 0 Å². The van der Waals surface area contributed by atoms with Gasteiger partial charge < -0.3 is 14.8 Å². The third-order valence-corrected chi connectivity index (χ3v) is 6.92. The molecular weight excluding hydrogens is 495 g/mol. The monoisotopic (exact) mass is 518 g/mol. The number of thioether (sulfide) groups is 1. The van der Waals surface area contributed by atoms with Crippen LogP contribution in [0.25, 0.3) is 0 Å². The minimum atomic E-state index is -0.580. The zero-order valence-corrected chi connectivity index (χ0v) is 21.3. The largest absolute Gasteiger partial charge is 0.488 e. The summed E-state index contributed by atoms with van der Waals surface area (Å²) >= 11 is 13.9. The Morgan fingerprint density at radius 2 is 2.03 bits per heavy atom. The highest BCUT2D eigenvalue weighted by molar-refractivity contribution is 7.99. The Hall–Kier alpha value is -2.68. The average Bonchev–Trinajstić information content (AvgIpc) is 3.23. The van der Waals surface area contributed by atoms with E-state index in [1.807, 2.05) is 37.3 Å². The maximum Gasteiger partial charge on any atom is 0.338 e. The molecule has 0 radical (unpaired) electrons. The van der Waals surface area contributed by atoms with Crippen molar-refractivity contribution in [2.45, 2.75) is 38.1 Å². The summed E-state index contributed by atoms with van der Waals surface area (Å²) < 4.78 is 13.0. The van der Waals surface area contributed by atoms with Gasteiger partial charge in [-0.15, -0.1) is 5.10 Å². The minimum absolute atomic E-state index is 0.232. The van der Waals surface area contributed by atoms with Crippen LogP contribution in [0.3, 0.4) is 0 Å². The summed E-state index contributed by atoms with van der Waals surface area (Å²) in [5.74, 6) is 1.60. The normalized spacial score (nSPS) is 15.0. The van der Waals surface area contributed by atoms with E-state index >= 15 is 0 Å². The third kappa shape index (κ3) is 5.04. The van der Waals surface area contributed by atoms with Crippen molar-refractivity contribution in [2.75, 3.05) is 18.2 Å². The van der Waals surface area contributed by atoms with Crippen LogP contribution in [0.1, 0.15) is 37.4 Å². The van der Waals surface area contributed by atoms with Gasteiger partial charge in [0, 0.05) is 32.6 Å². The number of benzene rings is 2. The quantitative estimate of drug-likeness (QED) is 0.283. The number of nitrogens with one attached hydrogen (secondary N) is 1. The molecule has 2 heterocycles. The van der Waals surface area contributed by atoms with Gasteiger partial charge in [-0.05, 0) is 31.5 Å². The SMILES string of the molecule is CCCSc1nc2n(n1)C(c1ccccc1OCc1ccc(Cl)cc1Cl)C(C(=O)OC)=C(C)N2. The fourth-order valence-corrected chi connectivity index (χ4v) is 4.83. The molecule has 1 N–H and O–H groups in total. The lowest BCUT2D eigenvalue weighted by atomic mass is 9.95. The van der Waals surface area contributed by atoms with Crippen molar-refractivity contribution < 1.29 is 14.3 Å². The topological polar surface area (TPSA) is 78.3 Å². The highest BCUT2D eigenvalue weighted by Gasteiger charge is 2.36. The fraction of sp³-hybridized carbons (Fsp3) is 0.292. The molecule has 1 aliphatic heterocycles. The average molecular weight is 519 g/mol. The van der Waals surface area contributed by atoms with Crippen LogP contribution in [0.5, 0.6) is 5.75 Å². The summed E-state index contributed by atoms with van der Waals surface area (Å²) in [6.45, 7) is 4.16. The molecule has 1 atom stereocenters. The Kier molecular flexibility index (Phi) is 7.70. The van der Waals surface area contributed by atoms with E-state index in [-0.39, 0.29) is 6.61 Å². The number of fused-ring (bicyclic) bond motifs is 1. The molecule has 1 aromatic heterocycles. The lowest BCUT2D eigenvalue weighted by Crippen LogP contribution is -2.29. The number of allylic oxidation sites excluding steroid dienone is 1. The summed E-state index contributed by atoms with van der Waals surface area (Å²) in [4.78, 5) is 17.5. The van der Waals surface area contributed by atoms with E-state index in [9.17, 15) is 4.79 Å². The van der Waals surface area contributed by atoms with Crippen molar-refractivity contribution >= 4 is 46.9 Å². The summed E-state index contributed by atoms with van der Waals surface area (Å²) in [6.07, 6.45) is 1.00. The number of carbonyl (C=O) groups excluding carboxylic acids is 1. The van der Waals surface area contributed by atoms with Gasteiger partial charge in [-0.3, -0.25) is 0 Å². The summed E-state index contributed by atoms with van der Waals surface area (Å²) in [5, 5.41) is 9.62. The molecule has 178 valence electrons. The van der Waals surface area contributed by atoms with E-state index in [1.165, 1.54) is 7.11 Å². The van der Waals surface area contributed by atoms with Crippen LogP contribution in [-0.2, 0) is 16.1 Å². The van der Waals surface area contributed by atoms with Gasteiger partial charge in [-0.2, -0.15) is 4.98 Å². The number of carbonyl (C=O) groups is 1. The number of hydrogen-bond acceptors (Lipinski definition) is 7. The van der Waals surface area contributed by atoms with E-state index < -0.39 is 12.0 Å². The molecule has 1 aliphatic rings. The van der Waals surface area contributed by atoms with Gasteiger partial charge in [0.25, 0.3) is 0 Å². The predicted octanol–water partition coefficient (Wildman–Crippen LogP) is 6.13. The molecule has 1 unspecified atom stereocenters. The molecule has 0 spiro atoms. The van der Waals surface area contributed by atoms with Crippen molar-refractivity contribution in [3.05, 3.63) is 74.9 Å². The lowest BCUT2D eigenvalue weighted by molar-refractivity contribution is -0.136. The molecule has 2 aromatic carbocycles. The van der Waals surface area contributed by atoms with Gasteiger partial charge in [0.2, 0.25) is 11.1 Å². The van der Waals surface area contributed by atoms with Crippen LogP contribution in [-0.4, -0.2) is 33.6 Å². The van der Waals surface area contributed by atoms with Crippen LogP contribution in [0.15, 0.2) is 58.9 Å². The van der Waals surface area contributed by atoms with Crippen molar-refractivity contribution in [3.8, 4) is 5.75 Å². The van der Waals surface area contributed by atoms with Crippen LogP contribution in [0, 0.1) is 0 Å². The first kappa shape index (κ1) is 24.4. The molecule has 0 saturated heterocycles. The predicted molar refractivity (Wildman–Crippen MR) is 135 cm³/mol. The smallest absolute Gasteiger partial charge is 0.338 e. The van der Waals surface area contributed by atoms with Crippen molar-refractivity contribution in [3.63, 3.8) is 0 Å². The molecule has 0 aliphatic carbocycles. The molecule has 7 nitrogen and oxygen atoms in total. The Morgan fingerprint density at radius 1 is 1.24 bits per heavy atom. The minimum Gasteiger partial charge on any atom is -0.488 e. The number of para-hydroxylation sites is 1. The second-order valence-electron chi connectivity index (χ2n) is 7.63. The Labute approximate surface area is 212 Å². The highest BCUT2D eigenvalue weighted by Crippen LogP contribution is 2.40. The Morgan fingerprint density at radius 3 is 2.76 bits per heavy atom. The Balaban J connectivity index is 1.75. The van der Waals surface area contributed by atoms with Gasteiger partial charge >= 0.3 is 5.97 Å². The fourth-order valence-electron chi connectivity index (χ4n) is 3.68. The number of methoxy groups -OCH3 is 1. The van der Waals surface area contributed by atoms with E-state index in [4.69, 9.17) is 37.8 Å². The van der Waals surface area contributed by atoms with Crippen molar-refractivity contribution in [1.82, 2.24) is 14.8 Å². The zero-order valence-electron chi connectivity index (χ0n) is 19.0. The number of rotatable bonds is 8. The zero-order chi connectivity index (χ0) is 24.2. The second kappa shape index (κ2) is 10.7. The van der Waals surface area contributed by atoms with Gasteiger partial charge in [0.15, 0.2) is 0 Å². The molecule has 0 bridgehead atoms. The first-order valence-electron chi connectivity index (χ1n) is 10.7. The van der Waals surface area contributed by atoms with Crippen LogP contribution in [0.4, 0.5) is 5.95 Å². The molecule has 34 heavy (non-hydrogen) atoms. The lowest BCUT2D eigenvalue weighted by Gasteiger charge is -2.29. The molecule has 4 rings (SSSR count). The van der Waals surface area contributed by atoms with Gasteiger partial charge in [-0.1, -0.05) is 66.2 Å². The number of halogens is 2. The molecule has 0 amide bonds. The first-order valence-corrected chi connectivity index (χ1v) is 12.5. The highest BCUT2D eigenvalue weighted by atomic mass is 35.5. The molecule has 0 saturated carbocycles. The Bertz CT molecular complexity index is 1240. The van der Waals surface area contributed by atoms with Crippen LogP contribution >= 0.6 is 35.0 Å². The number of ether oxygens (including phenoxy) is 2. The second-order valence-corrected chi connectivity index (χ2v) is 9.54. The van der Waals surface area contributed by atoms with E-state index in [2.05, 4.69) is 17.2 Å². The number of nitrogens with zero attached hydrogens (tertiary/aromatic N) is 3. The maximum absolute atomic E-state index is 12.9. The van der Waals surface area contributed by atoms with Gasteiger partial charge in [0.1, 0.15) is 18.4 Å². The van der Waals surface area contributed by atoms with E-state index in [0.717, 1.165) is 23.3 Å². The summed E-state index contributed by atoms with van der Waals surface area (Å²) in [6, 6.07) is 12.2. The van der Waals surface area contributed by atoms with Crippen molar-refractivity contribution in [1.29, 1.82) is 0 Å². The maximum atomic E-state index is 12.9. The number of esters is 1. The van der Waals surface area contributed by atoms with E-state index in [1.54, 1.807) is 28.6 Å². The van der Waals surface area contributed by atoms with Gasteiger partial charge in [0.05, 0.1) is 12.7 Å². The third-order valence-electron chi connectivity index (χ3n) is 5.29. The molecule has 10 heteroatoms. The summed E-state index contributed by atoms with van der Waals surface area (Å²) in [5.41, 5.74) is 2.64. The number of hydrogen-bond donors (Lipinski definition) is 1. The number of aromatic nitrogens is 3. The van der Waals surface area contributed by atoms with Gasteiger partial charge in [-0.25, -0.2) is 9.48 Å². The standard InChI is InChI=1S/C24H24Cl2N4O3S/c1-4-11-34-24-28-23-27-14(2)20(22(31)32-3)21(30(23)29-24)17-7-5-6-8-19(17)33-13-15-9-10-16(25)12-18(15)26/h5-10,12,21H,4,11,13H2,1-3H3,(H,27,28,29). The van der Waals surface area contributed by atoms with Crippen LogP contribution < -0.4 is 10.1 Å². The number of anilines is 1. The first-order chi connectivity index (χ1) is 16.4.